The number of rotatable bonds is 4. The normalized spacial score (nSPS) is 11.4. The summed E-state index contributed by atoms with van der Waals surface area (Å²) in [5.74, 6) is -0.282. The Labute approximate surface area is 160 Å². The highest BCUT2D eigenvalue weighted by atomic mass is 79.9. The van der Waals surface area contributed by atoms with E-state index in [1.54, 1.807) is 13.8 Å². The fraction of sp³-hybridized carbons (Fsp3) is 0.0909. The third-order valence-corrected chi connectivity index (χ3v) is 4.57. The maximum Gasteiger partial charge on any atom is 0.259 e. The van der Waals surface area contributed by atoms with Crippen LogP contribution in [0.3, 0.4) is 0 Å². The van der Waals surface area contributed by atoms with Gasteiger partial charge in [-0.3, -0.25) is 9.59 Å². The molecular weight excluding hydrogens is 390 g/mol. The molecule has 1 aromatic heterocycles. The average Bonchev–Trinajstić information content (AvgIpc) is 2.59. The number of hydrogen-bond acceptors (Lipinski definition) is 2. The van der Waals surface area contributed by atoms with Gasteiger partial charge in [-0.25, -0.2) is 0 Å². The van der Waals surface area contributed by atoms with Crippen molar-refractivity contribution < 1.29 is 4.79 Å². The van der Waals surface area contributed by atoms with Gasteiger partial charge in [-0.05, 0) is 54.8 Å². The van der Waals surface area contributed by atoms with Gasteiger partial charge in [0, 0.05) is 15.7 Å². The lowest BCUT2D eigenvalue weighted by Crippen LogP contribution is -2.21. The largest absolute Gasteiger partial charge is 0.326 e. The number of H-pyrrole nitrogens is 1. The Morgan fingerprint density at radius 2 is 1.73 bits per heavy atom. The molecule has 0 fully saturated rings. The Balaban J connectivity index is 2.19. The number of Topliss-reactive ketones (excluding diaryl/α,β-unsaturated/α-hetero) is 1. The first kappa shape index (κ1) is 18.1. The highest BCUT2D eigenvalue weighted by molar-refractivity contribution is 9.10. The molecule has 2 aromatic carbocycles. The molecule has 0 spiro atoms. The topological polar surface area (TPSA) is 49.9 Å². The van der Waals surface area contributed by atoms with E-state index in [1.165, 1.54) is 0 Å². The van der Waals surface area contributed by atoms with Gasteiger partial charge in [0.25, 0.3) is 5.56 Å². The number of nitrogens with one attached hydrogen (secondary N) is 1. The Bertz CT molecular complexity index is 1050. The summed E-state index contributed by atoms with van der Waals surface area (Å²) in [5.41, 5.74) is 3.38. The second kappa shape index (κ2) is 7.67. The van der Waals surface area contributed by atoms with Crippen LogP contribution in [0.4, 0.5) is 0 Å². The van der Waals surface area contributed by atoms with Gasteiger partial charge in [-0.1, -0.05) is 58.4 Å². The summed E-state index contributed by atoms with van der Waals surface area (Å²) >= 11 is 3.45. The lowest BCUT2D eigenvalue weighted by atomic mass is 9.93. The number of carbonyl (C=O) groups excluding carboxylic acids is 1. The van der Waals surface area contributed by atoms with Crippen LogP contribution in [0.25, 0.3) is 11.6 Å². The number of carbonyl (C=O) groups is 1. The van der Waals surface area contributed by atoms with Gasteiger partial charge in [-0.15, -0.1) is 0 Å². The van der Waals surface area contributed by atoms with Crippen molar-refractivity contribution in [2.45, 2.75) is 13.8 Å². The van der Waals surface area contributed by atoms with E-state index in [9.17, 15) is 9.59 Å². The average molecular weight is 408 g/mol. The molecule has 3 aromatic rings. The lowest BCUT2D eigenvalue weighted by Gasteiger charge is -2.10. The predicted octanol–water partition coefficient (Wildman–Crippen LogP) is 5.18. The van der Waals surface area contributed by atoms with Gasteiger partial charge in [0.15, 0.2) is 5.78 Å². The minimum Gasteiger partial charge on any atom is -0.326 e. The van der Waals surface area contributed by atoms with Gasteiger partial charge in [0.2, 0.25) is 0 Å². The molecule has 0 saturated heterocycles. The molecule has 0 bridgehead atoms. The molecule has 26 heavy (non-hydrogen) atoms. The summed E-state index contributed by atoms with van der Waals surface area (Å²) in [4.78, 5) is 28.4. The van der Waals surface area contributed by atoms with Crippen molar-refractivity contribution in [3.05, 3.63) is 103 Å². The molecule has 0 amide bonds. The summed E-state index contributed by atoms with van der Waals surface area (Å²) in [5, 5.41) is 0. The SMILES string of the molecule is Cc1cc(C)c(C(=O)C(=Cc2cccc(Br)c2)c2ccccc2)c(=O)[nH]1. The van der Waals surface area contributed by atoms with E-state index in [0.717, 1.165) is 21.3 Å². The molecule has 0 atom stereocenters. The van der Waals surface area contributed by atoms with Gasteiger partial charge >= 0.3 is 0 Å². The van der Waals surface area contributed by atoms with E-state index >= 15 is 0 Å². The molecule has 130 valence electrons. The highest BCUT2D eigenvalue weighted by Gasteiger charge is 2.20. The number of ketones is 1. The number of aromatic nitrogens is 1. The zero-order chi connectivity index (χ0) is 18.7. The molecule has 4 heteroatoms. The summed E-state index contributed by atoms with van der Waals surface area (Å²) in [6.45, 7) is 3.59. The van der Waals surface area contributed by atoms with E-state index in [4.69, 9.17) is 0 Å². The van der Waals surface area contributed by atoms with E-state index < -0.39 is 0 Å². The van der Waals surface area contributed by atoms with Crippen LogP contribution in [0.15, 0.2) is 69.9 Å². The Morgan fingerprint density at radius 1 is 1.00 bits per heavy atom. The fourth-order valence-corrected chi connectivity index (χ4v) is 3.35. The van der Waals surface area contributed by atoms with Gasteiger partial charge in [-0.2, -0.15) is 0 Å². The fourth-order valence-electron chi connectivity index (χ4n) is 2.93. The molecule has 0 unspecified atom stereocenters. The second-order valence-corrected chi connectivity index (χ2v) is 7.06. The Morgan fingerprint density at radius 3 is 2.38 bits per heavy atom. The zero-order valence-electron chi connectivity index (χ0n) is 14.5. The van der Waals surface area contributed by atoms with Crippen LogP contribution in [-0.2, 0) is 0 Å². The van der Waals surface area contributed by atoms with Gasteiger partial charge < -0.3 is 4.98 Å². The van der Waals surface area contributed by atoms with Gasteiger partial charge in [0.1, 0.15) is 0 Å². The van der Waals surface area contributed by atoms with E-state index in [2.05, 4.69) is 20.9 Å². The van der Waals surface area contributed by atoms with Crippen LogP contribution in [0.5, 0.6) is 0 Å². The smallest absolute Gasteiger partial charge is 0.259 e. The quantitative estimate of drug-likeness (QED) is 0.368. The summed E-state index contributed by atoms with van der Waals surface area (Å²) in [6, 6.07) is 18.9. The number of benzene rings is 2. The highest BCUT2D eigenvalue weighted by Crippen LogP contribution is 2.24. The van der Waals surface area contributed by atoms with Crippen LogP contribution in [0, 0.1) is 13.8 Å². The molecule has 1 heterocycles. The Kier molecular flexibility index (Phi) is 5.33. The van der Waals surface area contributed by atoms with Crippen molar-refractivity contribution in [3.63, 3.8) is 0 Å². The standard InChI is InChI=1S/C22H18BrNO2/c1-14-11-15(2)24-22(26)20(14)21(25)19(17-8-4-3-5-9-17)13-16-7-6-10-18(23)12-16/h3-13H,1-2H3,(H,24,26). The predicted molar refractivity (Wildman–Crippen MR) is 109 cm³/mol. The van der Waals surface area contributed by atoms with Crippen LogP contribution >= 0.6 is 15.9 Å². The van der Waals surface area contributed by atoms with Crippen molar-refractivity contribution in [1.82, 2.24) is 4.98 Å². The third kappa shape index (κ3) is 3.92. The number of aromatic amines is 1. The van der Waals surface area contributed by atoms with Gasteiger partial charge in [0.05, 0.1) is 5.56 Å². The number of pyridine rings is 1. The summed E-state index contributed by atoms with van der Waals surface area (Å²) in [7, 11) is 0. The van der Waals surface area contributed by atoms with Crippen molar-refractivity contribution in [2.75, 3.05) is 0 Å². The molecule has 3 nitrogen and oxygen atoms in total. The van der Waals surface area contributed by atoms with Crippen molar-refractivity contribution >= 4 is 33.4 Å². The monoisotopic (exact) mass is 407 g/mol. The molecule has 1 N–H and O–H groups in total. The van der Waals surface area contributed by atoms with Crippen LogP contribution < -0.4 is 5.56 Å². The van der Waals surface area contributed by atoms with E-state index in [1.807, 2.05) is 66.7 Å². The molecule has 0 aliphatic rings. The van der Waals surface area contributed by atoms with Crippen LogP contribution in [0.1, 0.15) is 32.7 Å². The third-order valence-electron chi connectivity index (χ3n) is 4.08. The first-order valence-electron chi connectivity index (χ1n) is 8.23. The molecule has 0 aliphatic heterocycles. The molecule has 3 rings (SSSR count). The number of aryl methyl sites for hydroxylation is 2. The van der Waals surface area contributed by atoms with Crippen molar-refractivity contribution in [2.24, 2.45) is 0 Å². The number of allylic oxidation sites excluding steroid dienone is 1. The first-order chi connectivity index (χ1) is 12.5. The maximum atomic E-state index is 13.3. The van der Waals surface area contributed by atoms with E-state index in [-0.39, 0.29) is 16.9 Å². The minimum absolute atomic E-state index is 0.181. The van der Waals surface area contributed by atoms with Crippen LogP contribution in [-0.4, -0.2) is 10.8 Å². The zero-order valence-corrected chi connectivity index (χ0v) is 16.1. The molecule has 0 radical (unpaired) electrons. The number of halogens is 1. The van der Waals surface area contributed by atoms with E-state index in [0.29, 0.717) is 11.1 Å². The second-order valence-electron chi connectivity index (χ2n) is 6.15. The first-order valence-corrected chi connectivity index (χ1v) is 9.03. The molecule has 0 saturated carbocycles. The summed E-state index contributed by atoms with van der Waals surface area (Å²) in [6.07, 6.45) is 1.82. The number of hydrogen-bond donors (Lipinski definition) is 1. The van der Waals surface area contributed by atoms with Crippen molar-refractivity contribution in [3.8, 4) is 0 Å². The molecule has 0 aliphatic carbocycles. The minimum atomic E-state index is -0.358. The lowest BCUT2D eigenvalue weighted by molar-refractivity contribution is 0.105. The van der Waals surface area contributed by atoms with Crippen molar-refractivity contribution in [1.29, 1.82) is 0 Å². The summed E-state index contributed by atoms with van der Waals surface area (Å²) < 4.78 is 0.926. The Hall–Kier alpha value is -2.72. The molecular formula is C22H18BrNO2. The maximum absolute atomic E-state index is 13.3. The van der Waals surface area contributed by atoms with Crippen LogP contribution in [0.2, 0.25) is 0 Å².